The number of aromatic nitrogens is 3. The van der Waals surface area contributed by atoms with Crippen LogP contribution >= 0.6 is 11.3 Å². The predicted octanol–water partition coefficient (Wildman–Crippen LogP) is 3.82. The lowest BCUT2D eigenvalue weighted by Crippen LogP contribution is -2.12. The number of nitrogen functional groups attached to an aromatic ring is 1. The Morgan fingerprint density at radius 3 is 2.62 bits per heavy atom. The van der Waals surface area contributed by atoms with Gasteiger partial charge in [-0.05, 0) is 18.2 Å². The fourth-order valence-electron chi connectivity index (χ4n) is 2.58. The second-order valence-corrected chi connectivity index (χ2v) is 6.95. The molecule has 0 spiro atoms. The van der Waals surface area contributed by atoms with E-state index in [1.54, 1.807) is 24.4 Å². The van der Waals surface area contributed by atoms with Crippen LogP contribution in [0.5, 0.6) is 10.8 Å². The molecule has 8 nitrogen and oxygen atoms in total. The molecule has 9 heteroatoms. The van der Waals surface area contributed by atoms with Crippen LogP contribution in [0.2, 0.25) is 0 Å². The van der Waals surface area contributed by atoms with Gasteiger partial charge < -0.3 is 21.5 Å². The van der Waals surface area contributed by atoms with Crippen molar-refractivity contribution in [2.24, 2.45) is 5.73 Å². The Morgan fingerprint density at radius 1 is 1.07 bits per heavy atom. The number of amides is 1. The number of pyridine rings is 2. The summed E-state index contributed by atoms with van der Waals surface area (Å²) < 4.78 is 6.03. The average Bonchev–Trinajstić information content (AvgIpc) is 3.09. The first-order chi connectivity index (χ1) is 14.1. The highest BCUT2D eigenvalue weighted by Gasteiger charge is 2.14. The summed E-state index contributed by atoms with van der Waals surface area (Å²) in [6.45, 7) is 0. The lowest BCUT2D eigenvalue weighted by atomic mass is 10.2. The molecule has 0 radical (unpaired) electrons. The van der Waals surface area contributed by atoms with Crippen molar-refractivity contribution in [3.05, 3.63) is 72.7 Å². The maximum absolute atomic E-state index is 11.1. The van der Waals surface area contributed by atoms with Gasteiger partial charge in [-0.25, -0.2) is 15.0 Å². The first-order valence-electron chi connectivity index (χ1n) is 8.57. The molecule has 1 amide bonds. The van der Waals surface area contributed by atoms with Gasteiger partial charge in [0.25, 0.3) is 5.91 Å². The zero-order valence-electron chi connectivity index (χ0n) is 15.1. The van der Waals surface area contributed by atoms with Gasteiger partial charge in [-0.1, -0.05) is 41.7 Å². The number of carbonyl (C=O) groups excluding carboxylic acids is 1. The largest absolute Gasteiger partial charge is 0.444 e. The molecule has 5 N–H and O–H groups in total. The van der Waals surface area contributed by atoms with Crippen LogP contribution in [0.15, 0.2) is 67.0 Å². The second kappa shape index (κ2) is 7.95. The zero-order chi connectivity index (χ0) is 20.2. The number of carbonyl (C=O) groups is 1. The number of nitrogens with two attached hydrogens (primary N) is 2. The molecule has 29 heavy (non-hydrogen) atoms. The predicted molar refractivity (Wildman–Crippen MR) is 112 cm³/mol. The minimum Gasteiger partial charge on any atom is -0.444 e. The first kappa shape index (κ1) is 18.4. The summed E-state index contributed by atoms with van der Waals surface area (Å²) in [5, 5.41) is 4.12. The third kappa shape index (κ3) is 4.30. The van der Waals surface area contributed by atoms with Crippen LogP contribution in [-0.4, -0.2) is 20.9 Å². The molecule has 0 aliphatic heterocycles. The van der Waals surface area contributed by atoms with E-state index in [9.17, 15) is 4.79 Å². The van der Waals surface area contributed by atoms with E-state index in [4.69, 9.17) is 16.2 Å². The molecule has 0 saturated heterocycles. The van der Waals surface area contributed by atoms with Crippen molar-refractivity contribution in [3.8, 4) is 22.1 Å². The molecule has 4 aromatic rings. The molecule has 0 unspecified atom stereocenters. The number of benzene rings is 1. The Kier molecular flexibility index (Phi) is 5.04. The van der Waals surface area contributed by atoms with E-state index in [-0.39, 0.29) is 5.69 Å². The van der Waals surface area contributed by atoms with Gasteiger partial charge >= 0.3 is 0 Å². The van der Waals surface area contributed by atoms with E-state index in [2.05, 4.69) is 20.3 Å². The lowest BCUT2D eigenvalue weighted by Gasteiger charge is -2.09. The molecule has 0 saturated carbocycles. The first-order valence-corrected chi connectivity index (χ1v) is 9.38. The fraction of sp³-hybridized carbons (Fsp3) is 0. The van der Waals surface area contributed by atoms with Crippen LogP contribution in [0.4, 0.5) is 16.6 Å². The van der Waals surface area contributed by atoms with E-state index in [0.717, 1.165) is 5.56 Å². The maximum Gasteiger partial charge on any atom is 0.267 e. The Hall–Kier alpha value is -3.98. The Balaban J connectivity index is 1.55. The van der Waals surface area contributed by atoms with Crippen molar-refractivity contribution in [2.75, 3.05) is 11.1 Å². The molecular formula is C20H16N6O2S. The van der Waals surface area contributed by atoms with Crippen molar-refractivity contribution >= 4 is 33.9 Å². The zero-order valence-corrected chi connectivity index (χ0v) is 15.9. The molecular weight excluding hydrogens is 388 g/mol. The Bertz CT molecular complexity index is 1150. The molecule has 0 bridgehead atoms. The van der Waals surface area contributed by atoms with Gasteiger partial charge in [0.05, 0.1) is 11.9 Å². The van der Waals surface area contributed by atoms with Gasteiger partial charge in [0.1, 0.15) is 23.0 Å². The molecule has 3 aromatic heterocycles. The van der Waals surface area contributed by atoms with Crippen molar-refractivity contribution in [3.63, 3.8) is 0 Å². The van der Waals surface area contributed by atoms with Crippen LogP contribution in [0.3, 0.4) is 0 Å². The quantitative estimate of drug-likeness (QED) is 0.445. The molecule has 0 fully saturated rings. The van der Waals surface area contributed by atoms with Crippen LogP contribution in [-0.2, 0) is 0 Å². The fourth-order valence-corrected chi connectivity index (χ4v) is 3.31. The smallest absolute Gasteiger partial charge is 0.267 e. The van der Waals surface area contributed by atoms with E-state index in [0.29, 0.717) is 33.1 Å². The molecule has 1 aromatic carbocycles. The number of ether oxygens (including phenoxy) is 1. The van der Waals surface area contributed by atoms with Crippen molar-refractivity contribution < 1.29 is 9.53 Å². The van der Waals surface area contributed by atoms with E-state index >= 15 is 0 Å². The second-order valence-electron chi connectivity index (χ2n) is 5.95. The third-order valence-corrected chi connectivity index (χ3v) is 4.65. The molecule has 3 heterocycles. The molecule has 144 valence electrons. The summed E-state index contributed by atoms with van der Waals surface area (Å²) in [7, 11) is 0. The van der Waals surface area contributed by atoms with E-state index < -0.39 is 5.91 Å². The highest BCUT2D eigenvalue weighted by Crippen LogP contribution is 2.39. The van der Waals surface area contributed by atoms with E-state index in [1.165, 1.54) is 23.6 Å². The summed E-state index contributed by atoms with van der Waals surface area (Å²) in [6.07, 6.45) is 3.13. The number of rotatable bonds is 6. The monoisotopic (exact) mass is 404 g/mol. The Labute approximate surface area is 170 Å². The van der Waals surface area contributed by atoms with Crippen LogP contribution in [0.25, 0.3) is 11.3 Å². The number of thiazole rings is 1. The molecule has 0 aliphatic carbocycles. The van der Waals surface area contributed by atoms with Crippen LogP contribution in [0, 0.1) is 0 Å². The highest BCUT2D eigenvalue weighted by molar-refractivity contribution is 7.17. The van der Waals surface area contributed by atoms with Crippen molar-refractivity contribution in [2.45, 2.75) is 0 Å². The summed E-state index contributed by atoms with van der Waals surface area (Å²) in [5.74, 6) is 0.544. The SMILES string of the molecule is NC(=O)c1ccc(Nc2cc(Oc3sc(N)nc3-c3ccccc3)ccn2)cn1. The van der Waals surface area contributed by atoms with E-state index in [1.807, 2.05) is 30.3 Å². The number of primary amides is 1. The Morgan fingerprint density at radius 2 is 1.90 bits per heavy atom. The number of hydrogen-bond donors (Lipinski definition) is 3. The number of hydrogen-bond acceptors (Lipinski definition) is 8. The standard InChI is InChI=1S/C20H16N6O2S/c21-18(27)15-7-6-13(11-24-15)25-16-10-14(8-9-23-16)28-19-17(26-20(22)29-19)12-4-2-1-3-5-12/h1-11H,(H2,21,27)(H2,22,26)(H,23,25). The normalized spacial score (nSPS) is 10.5. The van der Waals surface area contributed by atoms with Gasteiger partial charge in [-0.15, -0.1) is 0 Å². The minimum absolute atomic E-state index is 0.191. The topological polar surface area (TPSA) is 129 Å². The van der Waals surface area contributed by atoms with Crippen molar-refractivity contribution in [1.29, 1.82) is 0 Å². The minimum atomic E-state index is -0.580. The van der Waals surface area contributed by atoms with Gasteiger partial charge in [-0.2, -0.15) is 0 Å². The van der Waals surface area contributed by atoms with Gasteiger partial charge in [0.2, 0.25) is 5.06 Å². The average molecular weight is 404 g/mol. The summed E-state index contributed by atoms with van der Waals surface area (Å²) in [5.41, 5.74) is 13.6. The lowest BCUT2D eigenvalue weighted by molar-refractivity contribution is 0.0995. The summed E-state index contributed by atoms with van der Waals surface area (Å²) in [4.78, 5) is 23.8. The molecule has 0 aliphatic rings. The van der Waals surface area contributed by atoms with Crippen molar-refractivity contribution in [1.82, 2.24) is 15.0 Å². The molecule has 0 atom stereocenters. The number of anilines is 3. The van der Waals surface area contributed by atoms with Crippen LogP contribution in [0.1, 0.15) is 10.5 Å². The number of nitrogens with one attached hydrogen (secondary N) is 1. The number of nitrogens with zero attached hydrogens (tertiary/aromatic N) is 3. The summed E-state index contributed by atoms with van der Waals surface area (Å²) >= 11 is 1.27. The van der Waals surface area contributed by atoms with Gasteiger partial charge in [0, 0.05) is 17.8 Å². The van der Waals surface area contributed by atoms with Gasteiger partial charge in [-0.3, -0.25) is 4.79 Å². The third-order valence-electron chi connectivity index (χ3n) is 3.89. The van der Waals surface area contributed by atoms with Crippen LogP contribution < -0.4 is 21.5 Å². The summed E-state index contributed by atoms with van der Waals surface area (Å²) in [6, 6.07) is 16.4. The van der Waals surface area contributed by atoms with Gasteiger partial charge in [0.15, 0.2) is 5.13 Å². The molecule has 4 rings (SSSR count). The highest BCUT2D eigenvalue weighted by atomic mass is 32.1. The maximum atomic E-state index is 11.1.